The molecule has 0 aliphatic carbocycles. The first kappa shape index (κ1) is 14.4. The van der Waals surface area contributed by atoms with E-state index >= 15 is 0 Å². The lowest BCUT2D eigenvalue weighted by molar-refractivity contribution is 0.0697. The van der Waals surface area contributed by atoms with Gasteiger partial charge in [0, 0.05) is 13.2 Å². The SMILES string of the molecule is Cc1cnc(C(=O)N(C)c2ccc(C(=O)O)cc2N)cn1. The topological polar surface area (TPSA) is 109 Å². The van der Waals surface area contributed by atoms with Crippen LogP contribution in [0.2, 0.25) is 0 Å². The molecule has 0 saturated heterocycles. The summed E-state index contributed by atoms with van der Waals surface area (Å²) in [6, 6.07) is 4.18. The quantitative estimate of drug-likeness (QED) is 0.824. The second kappa shape index (κ2) is 5.58. The summed E-state index contributed by atoms with van der Waals surface area (Å²) < 4.78 is 0. The largest absolute Gasteiger partial charge is 0.478 e. The predicted molar refractivity (Wildman–Crippen MR) is 77.3 cm³/mol. The fourth-order valence-electron chi connectivity index (χ4n) is 1.78. The van der Waals surface area contributed by atoms with Crippen LogP contribution in [-0.2, 0) is 0 Å². The third-order valence-electron chi connectivity index (χ3n) is 2.94. The highest BCUT2D eigenvalue weighted by atomic mass is 16.4. The second-order valence-electron chi connectivity index (χ2n) is 4.49. The molecular formula is C14H14N4O3. The Hall–Kier alpha value is -2.96. The van der Waals surface area contributed by atoms with Crippen LogP contribution in [-0.4, -0.2) is 34.0 Å². The van der Waals surface area contributed by atoms with Crippen molar-refractivity contribution in [3.63, 3.8) is 0 Å². The Balaban J connectivity index is 2.31. The maximum Gasteiger partial charge on any atom is 0.335 e. The molecule has 1 amide bonds. The van der Waals surface area contributed by atoms with Crippen LogP contribution in [0, 0.1) is 6.92 Å². The number of nitrogen functional groups attached to an aromatic ring is 1. The molecule has 0 atom stereocenters. The average Bonchev–Trinajstić information content (AvgIpc) is 2.46. The van der Waals surface area contributed by atoms with Crippen molar-refractivity contribution in [2.45, 2.75) is 6.92 Å². The van der Waals surface area contributed by atoms with Crippen LogP contribution in [0.3, 0.4) is 0 Å². The molecule has 0 saturated carbocycles. The zero-order chi connectivity index (χ0) is 15.6. The third-order valence-corrected chi connectivity index (χ3v) is 2.94. The molecule has 0 fully saturated rings. The third kappa shape index (κ3) is 2.97. The summed E-state index contributed by atoms with van der Waals surface area (Å²) >= 11 is 0. The van der Waals surface area contributed by atoms with Gasteiger partial charge in [0.05, 0.1) is 28.8 Å². The van der Waals surface area contributed by atoms with Gasteiger partial charge in [0.15, 0.2) is 0 Å². The van der Waals surface area contributed by atoms with Crippen molar-refractivity contribution in [1.82, 2.24) is 9.97 Å². The van der Waals surface area contributed by atoms with E-state index in [0.717, 1.165) is 0 Å². The van der Waals surface area contributed by atoms with Gasteiger partial charge in [-0.15, -0.1) is 0 Å². The molecule has 2 rings (SSSR count). The molecule has 0 unspecified atom stereocenters. The summed E-state index contributed by atoms with van der Waals surface area (Å²) in [5.41, 5.74) is 7.37. The van der Waals surface area contributed by atoms with Crippen LogP contribution in [0.4, 0.5) is 11.4 Å². The van der Waals surface area contributed by atoms with E-state index in [9.17, 15) is 9.59 Å². The minimum atomic E-state index is -1.08. The molecule has 1 heterocycles. The molecule has 2 aromatic rings. The molecule has 21 heavy (non-hydrogen) atoms. The summed E-state index contributed by atoms with van der Waals surface area (Å²) in [7, 11) is 1.54. The van der Waals surface area contributed by atoms with Gasteiger partial charge in [-0.1, -0.05) is 0 Å². The lowest BCUT2D eigenvalue weighted by Gasteiger charge is -2.19. The molecule has 0 aliphatic heterocycles. The van der Waals surface area contributed by atoms with E-state index in [0.29, 0.717) is 11.4 Å². The van der Waals surface area contributed by atoms with Crippen LogP contribution < -0.4 is 10.6 Å². The number of nitrogens with two attached hydrogens (primary N) is 1. The Labute approximate surface area is 121 Å². The van der Waals surface area contributed by atoms with Gasteiger partial charge in [0.1, 0.15) is 5.69 Å². The van der Waals surface area contributed by atoms with Crippen molar-refractivity contribution in [3.8, 4) is 0 Å². The summed E-state index contributed by atoms with van der Waals surface area (Å²) in [5.74, 6) is -1.45. The van der Waals surface area contributed by atoms with Gasteiger partial charge in [-0.05, 0) is 25.1 Å². The zero-order valence-corrected chi connectivity index (χ0v) is 11.6. The van der Waals surface area contributed by atoms with Crippen LogP contribution in [0.15, 0.2) is 30.6 Å². The molecule has 7 heteroatoms. The molecule has 1 aromatic heterocycles. The van der Waals surface area contributed by atoms with Gasteiger partial charge in [0.2, 0.25) is 0 Å². The fourth-order valence-corrected chi connectivity index (χ4v) is 1.78. The van der Waals surface area contributed by atoms with E-state index in [-0.39, 0.29) is 22.9 Å². The Morgan fingerprint density at radius 3 is 2.48 bits per heavy atom. The molecule has 7 nitrogen and oxygen atoms in total. The normalized spacial score (nSPS) is 10.2. The van der Waals surface area contributed by atoms with Gasteiger partial charge in [0.25, 0.3) is 5.91 Å². The Kier molecular flexibility index (Phi) is 3.84. The number of carboxylic acids is 1. The van der Waals surface area contributed by atoms with Crippen molar-refractivity contribution in [2.75, 3.05) is 17.7 Å². The van der Waals surface area contributed by atoms with E-state index < -0.39 is 5.97 Å². The molecule has 3 N–H and O–H groups in total. The zero-order valence-electron chi connectivity index (χ0n) is 11.6. The Morgan fingerprint density at radius 2 is 1.95 bits per heavy atom. The lowest BCUT2D eigenvalue weighted by atomic mass is 10.1. The van der Waals surface area contributed by atoms with Crippen molar-refractivity contribution < 1.29 is 14.7 Å². The summed E-state index contributed by atoms with van der Waals surface area (Å²) in [5, 5.41) is 8.90. The number of hydrogen-bond donors (Lipinski definition) is 2. The number of aromatic nitrogens is 2. The van der Waals surface area contributed by atoms with Crippen molar-refractivity contribution in [3.05, 3.63) is 47.5 Å². The van der Waals surface area contributed by atoms with Crippen molar-refractivity contribution >= 4 is 23.3 Å². The predicted octanol–water partition coefficient (Wildman–Crippen LogP) is 1.34. The number of aryl methyl sites for hydroxylation is 1. The average molecular weight is 286 g/mol. The molecular weight excluding hydrogens is 272 g/mol. The minimum absolute atomic E-state index is 0.0622. The smallest absolute Gasteiger partial charge is 0.335 e. The van der Waals surface area contributed by atoms with E-state index in [1.165, 1.54) is 42.5 Å². The van der Waals surface area contributed by atoms with Crippen LogP contribution in [0.1, 0.15) is 26.5 Å². The molecule has 0 spiro atoms. The number of carbonyl (C=O) groups excluding carboxylic acids is 1. The summed E-state index contributed by atoms with van der Waals surface area (Å²) in [6.45, 7) is 1.77. The van der Waals surface area contributed by atoms with E-state index in [2.05, 4.69) is 9.97 Å². The second-order valence-corrected chi connectivity index (χ2v) is 4.49. The minimum Gasteiger partial charge on any atom is -0.478 e. The lowest BCUT2D eigenvalue weighted by Crippen LogP contribution is -2.28. The van der Waals surface area contributed by atoms with E-state index in [4.69, 9.17) is 10.8 Å². The van der Waals surface area contributed by atoms with Crippen LogP contribution >= 0.6 is 0 Å². The van der Waals surface area contributed by atoms with Gasteiger partial charge in [-0.3, -0.25) is 9.78 Å². The number of nitrogens with zero attached hydrogens (tertiary/aromatic N) is 3. The first-order valence-electron chi connectivity index (χ1n) is 6.09. The number of rotatable bonds is 3. The number of amides is 1. The first-order valence-corrected chi connectivity index (χ1v) is 6.09. The number of carbonyl (C=O) groups is 2. The van der Waals surface area contributed by atoms with Crippen LogP contribution in [0.5, 0.6) is 0 Å². The molecule has 0 bridgehead atoms. The fraction of sp³-hybridized carbons (Fsp3) is 0.143. The van der Waals surface area contributed by atoms with Gasteiger partial charge in [-0.25, -0.2) is 9.78 Å². The Bertz CT molecular complexity index is 698. The number of anilines is 2. The maximum absolute atomic E-state index is 12.3. The summed E-state index contributed by atoms with van der Waals surface area (Å²) in [6.07, 6.45) is 2.88. The highest BCUT2D eigenvalue weighted by Crippen LogP contribution is 2.24. The monoisotopic (exact) mass is 286 g/mol. The number of carboxylic acid groups (broad SMARTS) is 1. The van der Waals surface area contributed by atoms with Crippen LogP contribution in [0.25, 0.3) is 0 Å². The molecule has 0 aliphatic rings. The first-order chi connectivity index (χ1) is 9.90. The molecule has 0 radical (unpaired) electrons. The summed E-state index contributed by atoms with van der Waals surface area (Å²) in [4.78, 5) is 32.5. The van der Waals surface area contributed by atoms with Gasteiger partial charge < -0.3 is 15.7 Å². The molecule has 108 valence electrons. The maximum atomic E-state index is 12.3. The number of hydrogen-bond acceptors (Lipinski definition) is 5. The standard InChI is InChI=1S/C14H14N4O3/c1-8-6-17-11(7-16-8)13(19)18(2)12-4-3-9(14(20)21)5-10(12)15/h3-7H,15H2,1-2H3,(H,20,21). The van der Waals surface area contributed by atoms with E-state index in [1.54, 1.807) is 6.92 Å². The van der Waals surface area contributed by atoms with E-state index in [1.807, 2.05) is 0 Å². The van der Waals surface area contributed by atoms with Gasteiger partial charge in [-0.2, -0.15) is 0 Å². The number of benzene rings is 1. The Morgan fingerprint density at radius 1 is 1.24 bits per heavy atom. The highest BCUT2D eigenvalue weighted by Gasteiger charge is 2.18. The van der Waals surface area contributed by atoms with Crippen molar-refractivity contribution in [1.29, 1.82) is 0 Å². The van der Waals surface area contributed by atoms with Gasteiger partial charge >= 0.3 is 5.97 Å². The molecule has 1 aromatic carbocycles. The van der Waals surface area contributed by atoms with Crippen molar-refractivity contribution in [2.24, 2.45) is 0 Å². The number of aromatic carboxylic acids is 1. The highest BCUT2D eigenvalue weighted by molar-refractivity contribution is 6.06.